The summed E-state index contributed by atoms with van der Waals surface area (Å²) in [6, 6.07) is 5.92. The summed E-state index contributed by atoms with van der Waals surface area (Å²) >= 11 is 0. The molecular formula is C21H37IN6O2. The molecule has 0 unspecified atom stereocenters. The van der Waals surface area contributed by atoms with E-state index in [2.05, 4.69) is 39.4 Å². The molecule has 0 radical (unpaired) electrons. The van der Waals surface area contributed by atoms with Crippen LogP contribution in [0, 0.1) is 5.92 Å². The molecule has 1 fully saturated rings. The normalized spacial score (nSPS) is 14.5. The molecule has 1 aromatic rings. The second-order valence-corrected chi connectivity index (χ2v) is 7.55. The van der Waals surface area contributed by atoms with Gasteiger partial charge in [0.25, 0.3) is 0 Å². The van der Waals surface area contributed by atoms with Crippen LogP contribution in [0.15, 0.2) is 29.4 Å². The predicted molar refractivity (Wildman–Crippen MR) is 133 cm³/mol. The molecule has 2 rings (SSSR count). The van der Waals surface area contributed by atoms with Gasteiger partial charge in [0.15, 0.2) is 5.96 Å². The van der Waals surface area contributed by atoms with Gasteiger partial charge in [-0.05, 0) is 24.5 Å². The van der Waals surface area contributed by atoms with Crippen LogP contribution in [0.25, 0.3) is 0 Å². The molecule has 1 amide bonds. The second kappa shape index (κ2) is 15.2. The maximum absolute atomic E-state index is 12.5. The molecule has 1 aromatic heterocycles. The summed E-state index contributed by atoms with van der Waals surface area (Å²) < 4.78 is 5.57. The molecule has 30 heavy (non-hydrogen) atoms. The standard InChI is InChI=1S/C21H36N6O2.HI/c1-18(2)17-29-16-6-10-24-21(22-3)25-11-8-20(28)27-14-12-26(13-15-27)19-7-4-5-9-23-19;/h4-5,7,9,18H,6,8,10-17H2,1-3H3,(H2,22,24,25);1H. The number of anilines is 1. The Labute approximate surface area is 197 Å². The van der Waals surface area contributed by atoms with Crippen molar-refractivity contribution < 1.29 is 9.53 Å². The van der Waals surface area contributed by atoms with Crippen LogP contribution in [0.4, 0.5) is 5.82 Å². The fourth-order valence-electron chi connectivity index (χ4n) is 3.09. The number of halogens is 1. The Morgan fingerprint density at radius 2 is 1.93 bits per heavy atom. The Hall–Kier alpha value is -1.62. The van der Waals surface area contributed by atoms with Gasteiger partial charge in [-0.3, -0.25) is 9.79 Å². The van der Waals surface area contributed by atoms with Gasteiger partial charge in [0, 0.05) is 72.1 Å². The van der Waals surface area contributed by atoms with Crippen LogP contribution >= 0.6 is 24.0 Å². The number of carbonyl (C=O) groups is 1. The van der Waals surface area contributed by atoms with Crippen LogP contribution in [0.2, 0.25) is 0 Å². The highest BCUT2D eigenvalue weighted by Crippen LogP contribution is 2.12. The maximum atomic E-state index is 12.5. The molecule has 170 valence electrons. The predicted octanol–water partition coefficient (Wildman–Crippen LogP) is 1.97. The SMILES string of the molecule is CN=C(NCCCOCC(C)C)NCCC(=O)N1CCN(c2ccccn2)CC1.I. The molecule has 1 aliphatic heterocycles. The van der Waals surface area contributed by atoms with Crippen molar-refractivity contribution in [3.8, 4) is 0 Å². The van der Waals surface area contributed by atoms with Crippen LogP contribution in [0.3, 0.4) is 0 Å². The summed E-state index contributed by atoms with van der Waals surface area (Å²) in [7, 11) is 1.74. The van der Waals surface area contributed by atoms with Crippen molar-refractivity contribution in [1.29, 1.82) is 0 Å². The Morgan fingerprint density at radius 1 is 1.20 bits per heavy atom. The first-order valence-corrected chi connectivity index (χ1v) is 10.6. The zero-order valence-electron chi connectivity index (χ0n) is 18.5. The lowest BCUT2D eigenvalue weighted by atomic mass is 10.2. The summed E-state index contributed by atoms with van der Waals surface area (Å²) in [5.41, 5.74) is 0. The van der Waals surface area contributed by atoms with Crippen molar-refractivity contribution in [1.82, 2.24) is 20.5 Å². The summed E-state index contributed by atoms with van der Waals surface area (Å²) in [6.07, 6.45) is 3.19. The van der Waals surface area contributed by atoms with E-state index in [1.165, 1.54) is 0 Å². The minimum atomic E-state index is 0. The molecule has 2 heterocycles. The van der Waals surface area contributed by atoms with Gasteiger partial charge >= 0.3 is 0 Å². The fraction of sp³-hybridized carbons (Fsp3) is 0.667. The van der Waals surface area contributed by atoms with E-state index < -0.39 is 0 Å². The Morgan fingerprint density at radius 3 is 2.57 bits per heavy atom. The van der Waals surface area contributed by atoms with E-state index in [-0.39, 0.29) is 29.9 Å². The number of nitrogens with zero attached hydrogens (tertiary/aromatic N) is 4. The zero-order valence-corrected chi connectivity index (χ0v) is 20.8. The average Bonchev–Trinajstić information content (AvgIpc) is 2.75. The summed E-state index contributed by atoms with van der Waals surface area (Å²) in [5.74, 6) is 2.44. The number of ether oxygens (including phenoxy) is 1. The highest BCUT2D eigenvalue weighted by Gasteiger charge is 2.21. The Bertz CT molecular complexity index is 621. The second-order valence-electron chi connectivity index (χ2n) is 7.55. The maximum Gasteiger partial charge on any atom is 0.224 e. The Kier molecular flexibility index (Phi) is 13.4. The van der Waals surface area contributed by atoms with Crippen molar-refractivity contribution in [2.24, 2.45) is 10.9 Å². The van der Waals surface area contributed by atoms with Gasteiger partial charge in [-0.2, -0.15) is 0 Å². The van der Waals surface area contributed by atoms with E-state index >= 15 is 0 Å². The number of aromatic nitrogens is 1. The van der Waals surface area contributed by atoms with E-state index in [1.54, 1.807) is 13.2 Å². The number of pyridine rings is 1. The first kappa shape index (κ1) is 26.4. The van der Waals surface area contributed by atoms with E-state index in [9.17, 15) is 4.79 Å². The molecule has 9 heteroatoms. The van der Waals surface area contributed by atoms with Crippen LogP contribution in [-0.2, 0) is 9.53 Å². The number of aliphatic imine (C=N–C) groups is 1. The monoisotopic (exact) mass is 532 g/mol. The van der Waals surface area contributed by atoms with Gasteiger partial charge in [0.2, 0.25) is 5.91 Å². The first-order chi connectivity index (χ1) is 14.1. The largest absolute Gasteiger partial charge is 0.381 e. The molecule has 0 bridgehead atoms. The number of carbonyl (C=O) groups excluding carboxylic acids is 1. The third-order valence-corrected chi connectivity index (χ3v) is 4.67. The van der Waals surface area contributed by atoms with Crippen LogP contribution < -0.4 is 15.5 Å². The van der Waals surface area contributed by atoms with Gasteiger partial charge in [-0.25, -0.2) is 4.98 Å². The van der Waals surface area contributed by atoms with Crippen molar-refractivity contribution >= 4 is 41.7 Å². The van der Waals surface area contributed by atoms with Crippen molar-refractivity contribution in [3.63, 3.8) is 0 Å². The minimum absolute atomic E-state index is 0. The third-order valence-electron chi connectivity index (χ3n) is 4.67. The first-order valence-electron chi connectivity index (χ1n) is 10.6. The molecule has 0 saturated carbocycles. The van der Waals surface area contributed by atoms with Gasteiger partial charge in [0.1, 0.15) is 5.82 Å². The zero-order chi connectivity index (χ0) is 20.9. The molecule has 8 nitrogen and oxygen atoms in total. The van der Waals surface area contributed by atoms with E-state index in [0.717, 1.165) is 64.1 Å². The van der Waals surface area contributed by atoms with Gasteiger partial charge in [-0.15, -0.1) is 24.0 Å². The number of guanidine groups is 1. The van der Waals surface area contributed by atoms with Crippen LogP contribution in [-0.4, -0.2) is 81.3 Å². The smallest absolute Gasteiger partial charge is 0.224 e. The molecular weight excluding hydrogens is 495 g/mol. The fourth-order valence-corrected chi connectivity index (χ4v) is 3.09. The number of rotatable bonds is 10. The number of hydrogen-bond donors (Lipinski definition) is 2. The van der Waals surface area contributed by atoms with Crippen molar-refractivity contribution in [2.45, 2.75) is 26.7 Å². The summed E-state index contributed by atoms with van der Waals surface area (Å²) in [6.45, 7) is 10.3. The Balaban J connectivity index is 0.00000450. The number of amides is 1. The van der Waals surface area contributed by atoms with Crippen LogP contribution in [0.1, 0.15) is 26.7 Å². The molecule has 2 N–H and O–H groups in total. The highest BCUT2D eigenvalue weighted by molar-refractivity contribution is 14.0. The van der Waals surface area contributed by atoms with Crippen molar-refractivity contribution in [3.05, 3.63) is 24.4 Å². The highest BCUT2D eigenvalue weighted by atomic mass is 127. The molecule has 1 saturated heterocycles. The molecule has 1 aliphatic rings. The van der Waals surface area contributed by atoms with E-state index in [0.29, 0.717) is 18.9 Å². The van der Waals surface area contributed by atoms with Gasteiger partial charge in [-0.1, -0.05) is 19.9 Å². The molecule has 0 atom stereocenters. The van der Waals surface area contributed by atoms with Gasteiger partial charge < -0.3 is 25.2 Å². The van der Waals surface area contributed by atoms with Crippen LogP contribution in [0.5, 0.6) is 0 Å². The van der Waals surface area contributed by atoms with E-state index in [1.807, 2.05) is 23.1 Å². The third kappa shape index (κ3) is 9.92. The lowest BCUT2D eigenvalue weighted by Crippen LogP contribution is -2.49. The quantitative estimate of drug-likeness (QED) is 0.208. The van der Waals surface area contributed by atoms with Gasteiger partial charge in [0.05, 0.1) is 0 Å². The molecule has 0 spiro atoms. The average molecular weight is 532 g/mol. The number of nitrogens with one attached hydrogen (secondary N) is 2. The summed E-state index contributed by atoms with van der Waals surface area (Å²) in [4.78, 5) is 25.2. The van der Waals surface area contributed by atoms with Crippen molar-refractivity contribution in [2.75, 3.05) is 64.4 Å². The lowest BCUT2D eigenvalue weighted by molar-refractivity contribution is -0.131. The number of hydrogen-bond acceptors (Lipinski definition) is 5. The minimum Gasteiger partial charge on any atom is -0.381 e. The topological polar surface area (TPSA) is 82.1 Å². The molecule has 0 aliphatic carbocycles. The van der Waals surface area contributed by atoms with E-state index in [4.69, 9.17) is 4.74 Å². The molecule has 0 aromatic carbocycles. The summed E-state index contributed by atoms with van der Waals surface area (Å²) in [5, 5.41) is 6.47. The lowest BCUT2D eigenvalue weighted by Gasteiger charge is -2.35. The number of piperazine rings is 1.